The van der Waals surface area contributed by atoms with Crippen LogP contribution in [0.4, 0.5) is 4.79 Å². The first kappa shape index (κ1) is 17.8. The molecule has 0 radical (unpaired) electrons. The Kier molecular flexibility index (Phi) is 6.05. The summed E-state index contributed by atoms with van der Waals surface area (Å²) < 4.78 is 0. The van der Waals surface area contributed by atoms with Crippen LogP contribution in [0.1, 0.15) is 59.8 Å². The molecule has 1 heterocycles. The molecule has 0 saturated carbocycles. The average molecular weight is 298 g/mol. The summed E-state index contributed by atoms with van der Waals surface area (Å²) in [4.78, 5) is 25.0. The largest absolute Gasteiger partial charge is 0.481 e. The van der Waals surface area contributed by atoms with Crippen LogP contribution in [-0.4, -0.2) is 41.6 Å². The van der Waals surface area contributed by atoms with Crippen molar-refractivity contribution in [2.75, 3.05) is 19.6 Å². The van der Waals surface area contributed by atoms with Crippen molar-refractivity contribution in [2.45, 2.75) is 59.8 Å². The standard InChI is InChI=1S/C16H30N2O3/c1-5-6-7-8-15(2,3)11-17-14(21)18-10-9-16(4,12-18)13(19)20/h5-12H2,1-4H3,(H,17,21)(H,19,20). The number of hydrogen-bond acceptors (Lipinski definition) is 2. The van der Waals surface area contributed by atoms with Crippen LogP contribution in [0, 0.1) is 10.8 Å². The smallest absolute Gasteiger partial charge is 0.317 e. The summed E-state index contributed by atoms with van der Waals surface area (Å²) in [7, 11) is 0. The SMILES string of the molecule is CCCCCC(C)(C)CNC(=O)N1CCC(C)(C(=O)O)C1. The maximum absolute atomic E-state index is 12.2. The summed E-state index contributed by atoms with van der Waals surface area (Å²) in [5, 5.41) is 12.2. The third-order valence-electron chi connectivity index (χ3n) is 4.45. The van der Waals surface area contributed by atoms with Gasteiger partial charge in [-0.15, -0.1) is 0 Å². The van der Waals surface area contributed by atoms with Gasteiger partial charge < -0.3 is 15.3 Å². The van der Waals surface area contributed by atoms with E-state index in [0.29, 0.717) is 26.1 Å². The van der Waals surface area contributed by atoms with Gasteiger partial charge in [-0.25, -0.2) is 4.79 Å². The zero-order valence-corrected chi connectivity index (χ0v) is 13.9. The van der Waals surface area contributed by atoms with E-state index in [1.807, 2.05) is 0 Å². The van der Waals surface area contributed by atoms with E-state index in [0.717, 1.165) is 6.42 Å². The number of urea groups is 1. The Morgan fingerprint density at radius 2 is 2.00 bits per heavy atom. The predicted octanol–water partition coefficient (Wildman–Crippen LogP) is 3.10. The van der Waals surface area contributed by atoms with Gasteiger partial charge in [0.1, 0.15) is 0 Å². The molecule has 2 amide bonds. The number of carboxylic acid groups (broad SMARTS) is 1. The Hall–Kier alpha value is -1.26. The van der Waals surface area contributed by atoms with E-state index in [-0.39, 0.29) is 11.4 Å². The minimum absolute atomic E-state index is 0.0840. The number of nitrogens with zero attached hydrogens (tertiary/aromatic N) is 1. The van der Waals surface area contributed by atoms with Crippen molar-refractivity contribution in [3.63, 3.8) is 0 Å². The molecule has 21 heavy (non-hydrogen) atoms. The van der Waals surface area contributed by atoms with E-state index in [1.165, 1.54) is 19.3 Å². The number of hydrogen-bond donors (Lipinski definition) is 2. The molecule has 1 aliphatic heterocycles. The van der Waals surface area contributed by atoms with Crippen LogP contribution in [0.3, 0.4) is 0 Å². The topological polar surface area (TPSA) is 69.6 Å². The number of unbranched alkanes of at least 4 members (excludes halogenated alkanes) is 2. The minimum Gasteiger partial charge on any atom is -0.481 e. The van der Waals surface area contributed by atoms with Gasteiger partial charge in [0.15, 0.2) is 0 Å². The third kappa shape index (κ3) is 5.21. The highest BCUT2D eigenvalue weighted by atomic mass is 16.4. The molecule has 1 fully saturated rings. The van der Waals surface area contributed by atoms with Crippen LogP contribution in [0.25, 0.3) is 0 Å². The summed E-state index contributed by atoms with van der Waals surface area (Å²) in [6.45, 7) is 9.66. The fourth-order valence-corrected chi connectivity index (χ4v) is 2.68. The molecule has 0 aromatic carbocycles. The van der Waals surface area contributed by atoms with Crippen LogP contribution in [0.15, 0.2) is 0 Å². The summed E-state index contributed by atoms with van der Waals surface area (Å²) in [5.41, 5.74) is -0.714. The Bertz CT molecular complexity index is 382. The number of nitrogens with one attached hydrogen (secondary N) is 1. The monoisotopic (exact) mass is 298 g/mol. The zero-order chi connectivity index (χ0) is 16.1. The quantitative estimate of drug-likeness (QED) is 0.710. The molecule has 1 saturated heterocycles. The first-order chi connectivity index (χ1) is 9.70. The van der Waals surface area contributed by atoms with Gasteiger partial charge in [0, 0.05) is 19.6 Å². The van der Waals surface area contributed by atoms with Gasteiger partial charge in [0.05, 0.1) is 5.41 Å². The van der Waals surface area contributed by atoms with E-state index in [2.05, 4.69) is 26.1 Å². The van der Waals surface area contributed by atoms with Crippen molar-refractivity contribution in [1.82, 2.24) is 10.2 Å². The van der Waals surface area contributed by atoms with E-state index in [1.54, 1.807) is 11.8 Å². The Morgan fingerprint density at radius 3 is 2.52 bits per heavy atom. The maximum Gasteiger partial charge on any atom is 0.317 e. The first-order valence-corrected chi connectivity index (χ1v) is 7.96. The lowest BCUT2D eigenvalue weighted by atomic mass is 9.87. The van der Waals surface area contributed by atoms with Gasteiger partial charge in [-0.1, -0.05) is 40.0 Å². The van der Waals surface area contributed by atoms with Crippen LogP contribution in [0.2, 0.25) is 0 Å². The van der Waals surface area contributed by atoms with E-state index in [4.69, 9.17) is 0 Å². The number of rotatable bonds is 7. The molecular formula is C16H30N2O3. The Morgan fingerprint density at radius 1 is 1.33 bits per heavy atom. The fraction of sp³-hybridized carbons (Fsp3) is 0.875. The average Bonchev–Trinajstić information content (AvgIpc) is 2.80. The second-order valence-corrected chi connectivity index (χ2v) is 7.32. The number of carbonyl (C=O) groups excluding carboxylic acids is 1. The number of carboxylic acids is 1. The van der Waals surface area contributed by atoms with Gasteiger partial charge in [0.25, 0.3) is 0 Å². The van der Waals surface area contributed by atoms with Crippen molar-refractivity contribution in [2.24, 2.45) is 10.8 Å². The number of carbonyl (C=O) groups is 2. The third-order valence-corrected chi connectivity index (χ3v) is 4.45. The Balaban J connectivity index is 2.39. The second kappa shape index (κ2) is 7.14. The lowest BCUT2D eigenvalue weighted by Crippen LogP contribution is -2.44. The molecule has 1 unspecified atom stereocenters. The molecule has 0 aromatic heterocycles. The van der Waals surface area contributed by atoms with Crippen LogP contribution in [0.5, 0.6) is 0 Å². The van der Waals surface area contributed by atoms with Gasteiger partial charge in [-0.05, 0) is 25.2 Å². The van der Waals surface area contributed by atoms with E-state index >= 15 is 0 Å². The maximum atomic E-state index is 12.2. The second-order valence-electron chi connectivity index (χ2n) is 7.32. The van der Waals surface area contributed by atoms with Crippen LogP contribution >= 0.6 is 0 Å². The lowest BCUT2D eigenvalue weighted by Gasteiger charge is -2.27. The molecule has 5 heteroatoms. The van der Waals surface area contributed by atoms with Crippen molar-refractivity contribution in [1.29, 1.82) is 0 Å². The van der Waals surface area contributed by atoms with Gasteiger partial charge in [-0.3, -0.25) is 4.79 Å². The molecule has 1 aliphatic rings. The minimum atomic E-state index is -0.822. The number of aliphatic carboxylic acids is 1. The molecule has 1 atom stereocenters. The highest BCUT2D eigenvalue weighted by Crippen LogP contribution is 2.30. The Labute approximate surface area is 128 Å². The van der Waals surface area contributed by atoms with Crippen molar-refractivity contribution >= 4 is 12.0 Å². The molecule has 0 aromatic rings. The van der Waals surface area contributed by atoms with Crippen LogP contribution in [-0.2, 0) is 4.79 Å². The predicted molar refractivity (Wildman–Crippen MR) is 83.3 cm³/mol. The van der Waals surface area contributed by atoms with E-state index < -0.39 is 11.4 Å². The van der Waals surface area contributed by atoms with Crippen LogP contribution < -0.4 is 5.32 Å². The van der Waals surface area contributed by atoms with Crippen molar-refractivity contribution in [3.8, 4) is 0 Å². The summed E-state index contributed by atoms with van der Waals surface area (Å²) >= 11 is 0. The highest BCUT2D eigenvalue weighted by molar-refractivity contribution is 5.79. The van der Waals surface area contributed by atoms with Crippen molar-refractivity contribution in [3.05, 3.63) is 0 Å². The molecule has 5 nitrogen and oxygen atoms in total. The van der Waals surface area contributed by atoms with Gasteiger partial charge >= 0.3 is 12.0 Å². The molecule has 122 valence electrons. The number of amides is 2. The van der Waals surface area contributed by atoms with E-state index in [9.17, 15) is 14.7 Å². The molecule has 2 N–H and O–H groups in total. The lowest BCUT2D eigenvalue weighted by molar-refractivity contribution is -0.147. The molecule has 1 rings (SSSR count). The first-order valence-electron chi connectivity index (χ1n) is 7.96. The zero-order valence-electron chi connectivity index (χ0n) is 13.9. The molecular weight excluding hydrogens is 268 g/mol. The molecule has 0 spiro atoms. The fourth-order valence-electron chi connectivity index (χ4n) is 2.68. The highest BCUT2D eigenvalue weighted by Gasteiger charge is 2.42. The summed E-state index contributed by atoms with van der Waals surface area (Å²) in [6, 6.07) is -0.136. The molecule has 0 aliphatic carbocycles. The molecule has 0 bridgehead atoms. The van der Waals surface area contributed by atoms with Crippen molar-refractivity contribution < 1.29 is 14.7 Å². The number of likely N-dealkylation sites (tertiary alicyclic amines) is 1. The summed E-state index contributed by atoms with van der Waals surface area (Å²) in [6.07, 6.45) is 5.22. The normalized spacial score (nSPS) is 22.4. The van der Waals surface area contributed by atoms with Gasteiger partial charge in [0.2, 0.25) is 0 Å². The summed E-state index contributed by atoms with van der Waals surface area (Å²) in [5.74, 6) is -0.822. The van der Waals surface area contributed by atoms with Gasteiger partial charge in [-0.2, -0.15) is 0 Å².